The first kappa shape index (κ1) is 26.5. The third-order valence-electron chi connectivity index (χ3n) is 5.90. The third-order valence-corrected chi connectivity index (χ3v) is 5.90. The maximum absolute atomic E-state index is 12.9. The molecule has 0 aromatic heterocycles. The molecule has 38 heavy (non-hydrogen) atoms. The average Bonchev–Trinajstić information content (AvgIpc) is 2.92. The molecule has 0 atom stereocenters. The van der Waals surface area contributed by atoms with E-state index in [1.54, 1.807) is 42.5 Å². The number of anilines is 2. The molecule has 0 aliphatic carbocycles. The van der Waals surface area contributed by atoms with Gasteiger partial charge in [0.25, 0.3) is 11.8 Å². The standard InChI is InChI=1S/C32H32N2O4/c1-32(2,3)24-15-13-23(14-16-24)30(35)33-25-17-19-26(20-18-25)34-31(36)28-11-7-8-12-29(28)38-22-21-37-27-9-5-4-6-10-27/h4-20H,21-22H2,1-3H3,(H,33,35)(H,34,36). The first-order chi connectivity index (χ1) is 18.3. The molecule has 4 aromatic rings. The Balaban J connectivity index is 1.31. The molecule has 0 bridgehead atoms. The van der Waals surface area contributed by atoms with Gasteiger partial charge < -0.3 is 20.1 Å². The number of ether oxygens (including phenoxy) is 2. The molecule has 194 valence electrons. The molecule has 6 heteroatoms. The highest BCUT2D eigenvalue weighted by atomic mass is 16.5. The van der Waals surface area contributed by atoms with Crippen molar-refractivity contribution in [3.63, 3.8) is 0 Å². The van der Waals surface area contributed by atoms with Crippen molar-refractivity contribution in [2.75, 3.05) is 23.8 Å². The van der Waals surface area contributed by atoms with Gasteiger partial charge in [0, 0.05) is 16.9 Å². The van der Waals surface area contributed by atoms with E-state index in [0.717, 1.165) is 5.75 Å². The molecule has 0 saturated carbocycles. The highest BCUT2D eigenvalue weighted by molar-refractivity contribution is 6.07. The van der Waals surface area contributed by atoms with Crippen LogP contribution >= 0.6 is 0 Å². The summed E-state index contributed by atoms with van der Waals surface area (Å²) in [4.78, 5) is 25.6. The van der Waals surface area contributed by atoms with E-state index in [-0.39, 0.29) is 17.2 Å². The zero-order valence-corrected chi connectivity index (χ0v) is 21.9. The number of para-hydroxylation sites is 2. The maximum atomic E-state index is 12.9. The molecular formula is C32H32N2O4. The van der Waals surface area contributed by atoms with Crippen LogP contribution in [0.15, 0.2) is 103 Å². The van der Waals surface area contributed by atoms with Crippen LogP contribution in [0.1, 0.15) is 47.1 Å². The second-order valence-electron chi connectivity index (χ2n) is 9.82. The minimum atomic E-state index is -0.291. The first-order valence-electron chi connectivity index (χ1n) is 12.5. The van der Waals surface area contributed by atoms with Crippen molar-refractivity contribution in [1.82, 2.24) is 0 Å². The SMILES string of the molecule is CC(C)(C)c1ccc(C(=O)Nc2ccc(NC(=O)c3ccccc3OCCOc3ccccc3)cc2)cc1. The predicted molar refractivity (Wildman–Crippen MR) is 151 cm³/mol. The first-order valence-corrected chi connectivity index (χ1v) is 12.5. The van der Waals surface area contributed by atoms with E-state index in [1.165, 1.54) is 5.56 Å². The fourth-order valence-corrected chi connectivity index (χ4v) is 3.77. The van der Waals surface area contributed by atoms with Gasteiger partial charge in [0.2, 0.25) is 0 Å². The fraction of sp³-hybridized carbons (Fsp3) is 0.188. The quantitative estimate of drug-likeness (QED) is 0.240. The van der Waals surface area contributed by atoms with Gasteiger partial charge in [0.1, 0.15) is 24.7 Å². The van der Waals surface area contributed by atoms with Gasteiger partial charge in [-0.2, -0.15) is 0 Å². The van der Waals surface area contributed by atoms with Crippen LogP contribution in [0.3, 0.4) is 0 Å². The number of carbonyl (C=O) groups is 2. The Bertz CT molecular complexity index is 1360. The number of benzene rings is 4. The van der Waals surface area contributed by atoms with Crippen LogP contribution in [0.2, 0.25) is 0 Å². The Labute approximate surface area is 223 Å². The summed E-state index contributed by atoms with van der Waals surface area (Å²) in [7, 11) is 0. The Morgan fingerprint density at radius 2 is 1.18 bits per heavy atom. The van der Waals surface area contributed by atoms with Crippen molar-refractivity contribution in [1.29, 1.82) is 0 Å². The van der Waals surface area contributed by atoms with Crippen LogP contribution in [0.4, 0.5) is 11.4 Å². The van der Waals surface area contributed by atoms with E-state index in [0.29, 0.717) is 41.5 Å². The van der Waals surface area contributed by atoms with Crippen LogP contribution in [0.5, 0.6) is 11.5 Å². The molecule has 0 fully saturated rings. The normalized spacial score (nSPS) is 10.9. The van der Waals surface area contributed by atoms with E-state index in [2.05, 4.69) is 31.4 Å². The molecule has 0 aliphatic heterocycles. The summed E-state index contributed by atoms with van der Waals surface area (Å²) in [6, 6.07) is 31.2. The highest BCUT2D eigenvalue weighted by Gasteiger charge is 2.15. The zero-order chi connectivity index (χ0) is 27.0. The molecule has 2 amide bonds. The van der Waals surface area contributed by atoms with Gasteiger partial charge in [0.15, 0.2) is 0 Å². The molecule has 0 unspecified atom stereocenters. The summed E-state index contributed by atoms with van der Waals surface area (Å²) < 4.78 is 11.5. The lowest BCUT2D eigenvalue weighted by Crippen LogP contribution is -2.16. The number of nitrogens with one attached hydrogen (secondary N) is 2. The molecule has 2 N–H and O–H groups in total. The summed E-state index contributed by atoms with van der Waals surface area (Å²) in [6.07, 6.45) is 0. The second kappa shape index (κ2) is 12.1. The molecule has 4 rings (SSSR count). The van der Waals surface area contributed by atoms with Crippen molar-refractivity contribution >= 4 is 23.2 Å². The Hall–Kier alpha value is -4.58. The molecule has 6 nitrogen and oxygen atoms in total. The van der Waals surface area contributed by atoms with Crippen LogP contribution in [-0.2, 0) is 5.41 Å². The smallest absolute Gasteiger partial charge is 0.259 e. The number of rotatable bonds is 9. The van der Waals surface area contributed by atoms with Crippen molar-refractivity contribution in [3.05, 3.63) is 120 Å². The van der Waals surface area contributed by atoms with Gasteiger partial charge in [-0.1, -0.05) is 63.2 Å². The average molecular weight is 509 g/mol. The van der Waals surface area contributed by atoms with Crippen molar-refractivity contribution < 1.29 is 19.1 Å². The van der Waals surface area contributed by atoms with E-state index < -0.39 is 0 Å². The van der Waals surface area contributed by atoms with Gasteiger partial charge >= 0.3 is 0 Å². The van der Waals surface area contributed by atoms with E-state index in [4.69, 9.17) is 9.47 Å². The molecule has 0 heterocycles. The topological polar surface area (TPSA) is 76.7 Å². The highest BCUT2D eigenvalue weighted by Crippen LogP contribution is 2.23. The largest absolute Gasteiger partial charge is 0.490 e. The summed E-state index contributed by atoms with van der Waals surface area (Å²) in [5, 5.41) is 5.78. The van der Waals surface area contributed by atoms with Crippen molar-refractivity contribution in [2.24, 2.45) is 0 Å². The van der Waals surface area contributed by atoms with Gasteiger partial charge in [-0.25, -0.2) is 0 Å². The maximum Gasteiger partial charge on any atom is 0.259 e. The van der Waals surface area contributed by atoms with Crippen molar-refractivity contribution in [3.8, 4) is 11.5 Å². The molecule has 0 saturated heterocycles. The van der Waals surface area contributed by atoms with Crippen molar-refractivity contribution in [2.45, 2.75) is 26.2 Å². The number of amides is 2. The second-order valence-corrected chi connectivity index (χ2v) is 9.82. The fourth-order valence-electron chi connectivity index (χ4n) is 3.77. The van der Waals surface area contributed by atoms with E-state index in [9.17, 15) is 9.59 Å². The van der Waals surface area contributed by atoms with Crippen LogP contribution in [0, 0.1) is 0 Å². The zero-order valence-electron chi connectivity index (χ0n) is 21.9. The predicted octanol–water partition coefficient (Wildman–Crippen LogP) is 6.95. The minimum Gasteiger partial charge on any atom is -0.490 e. The lowest BCUT2D eigenvalue weighted by atomic mass is 9.87. The summed E-state index contributed by atoms with van der Waals surface area (Å²) in [5.41, 5.74) is 3.43. The number of hydrogen-bond donors (Lipinski definition) is 2. The van der Waals surface area contributed by atoms with Gasteiger partial charge in [-0.3, -0.25) is 9.59 Å². The Kier molecular flexibility index (Phi) is 8.44. The molecular weight excluding hydrogens is 476 g/mol. The Morgan fingerprint density at radius 1 is 0.632 bits per heavy atom. The Morgan fingerprint density at radius 3 is 1.82 bits per heavy atom. The number of hydrogen-bond acceptors (Lipinski definition) is 4. The van der Waals surface area contributed by atoms with E-state index in [1.807, 2.05) is 60.7 Å². The van der Waals surface area contributed by atoms with E-state index >= 15 is 0 Å². The van der Waals surface area contributed by atoms with Crippen LogP contribution in [0.25, 0.3) is 0 Å². The van der Waals surface area contributed by atoms with Gasteiger partial charge in [-0.05, 0) is 71.6 Å². The molecule has 0 radical (unpaired) electrons. The molecule has 0 aliphatic rings. The van der Waals surface area contributed by atoms with Gasteiger partial charge in [-0.15, -0.1) is 0 Å². The number of carbonyl (C=O) groups excluding carboxylic acids is 2. The third kappa shape index (κ3) is 7.23. The molecule has 0 spiro atoms. The summed E-state index contributed by atoms with van der Waals surface area (Å²) >= 11 is 0. The molecule has 4 aromatic carbocycles. The monoisotopic (exact) mass is 508 g/mol. The summed E-state index contributed by atoms with van der Waals surface area (Å²) in [6.45, 7) is 7.06. The lowest BCUT2D eigenvalue weighted by Gasteiger charge is -2.19. The van der Waals surface area contributed by atoms with Gasteiger partial charge in [0.05, 0.1) is 5.56 Å². The lowest BCUT2D eigenvalue weighted by molar-refractivity contribution is 0.101. The van der Waals surface area contributed by atoms with Crippen LogP contribution in [-0.4, -0.2) is 25.0 Å². The minimum absolute atomic E-state index is 0.0265. The van der Waals surface area contributed by atoms with Crippen LogP contribution < -0.4 is 20.1 Å². The summed E-state index contributed by atoms with van der Waals surface area (Å²) in [5.74, 6) is 0.757.